The third-order valence-corrected chi connectivity index (χ3v) is 1.51. The van der Waals surface area contributed by atoms with E-state index in [1.54, 1.807) is 6.92 Å². The van der Waals surface area contributed by atoms with Crippen LogP contribution in [0.4, 0.5) is 4.79 Å². The van der Waals surface area contributed by atoms with Crippen LogP contribution in [0, 0.1) is 0 Å². The first-order chi connectivity index (χ1) is 5.09. The number of hydrogen-bond acceptors (Lipinski definition) is 2. The predicted molar refractivity (Wildman–Crippen MR) is 37.2 cm³/mol. The maximum absolute atomic E-state index is 10.8. The Morgan fingerprint density at radius 1 is 1.82 bits per heavy atom. The fourth-order valence-corrected chi connectivity index (χ4v) is 1.08. The Kier molecular flexibility index (Phi) is 1.98. The number of piperazine rings is 1. The lowest BCUT2D eigenvalue weighted by Crippen LogP contribution is -2.54. The van der Waals surface area contributed by atoms with Gasteiger partial charge >= 0.3 is 6.09 Å². The number of carboxylic acid groups (broad SMARTS) is 1. The SMILES string of the molecule is CC1CN(C(=O)O)CC(=O)N1. The Bertz CT molecular complexity index is 192. The summed E-state index contributed by atoms with van der Waals surface area (Å²) in [5.74, 6) is -0.230. The highest BCUT2D eigenvalue weighted by atomic mass is 16.4. The molecule has 0 aliphatic carbocycles. The molecule has 1 aliphatic heterocycles. The highest BCUT2D eigenvalue weighted by Crippen LogP contribution is 1.98. The van der Waals surface area contributed by atoms with Crippen LogP contribution >= 0.6 is 0 Å². The Morgan fingerprint density at radius 3 is 2.91 bits per heavy atom. The van der Waals surface area contributed by atoms with Gasteiger partial charge in [0.25, 0.3) is 0 Å². The highest BCUT2D eigenvalue weighted by molar-refractivity contribution is 5.83. The van der Waals surface area contributed by atoms with Crippen LogP contribution in [0.2, 0.25) is 0 Å². The van der Waals surface area contributed by atoms with Crippen LogP contribution in [0.5, 0.6) is 0 Å². The van der Waals surface area contributed by atoms with Crippen LogP contribution in [-0.4, -0.2) is 41.1 Å². The molecule has 5 nitrogen and oxygen atoms in total. The zero-order valence-electron chi connectivity index (χ0n) is 6.20. The zero-order valence-corrected chi connectivity index (χ0v) is 6.20. The minimum absolute atomic E-state index is 0.0420. The number of hydrogen-bond donors (Lipinski definition) is 2. The van der Waals surface area contributed by atoms with Crippen LogP contribution in [0.25, 0.3) is 0 Å². The van der Waals surface area contributed by atoms with Crippen LogP contribution in [-0.2, 0) is 4.79 Å². The average molecular weight is 158 g/mol. The smallest absolute Gasteiger partial charge is 0.407 e. The van der Waals surface area contributed by atoms with Crippen LogP contribution in [0.15, 0.2) is 0 Å². The molecule has 0 saturated carbocycles. The first-order valence-electron chi connectivity index (χ1n) is 3.37. The molecule has 1 fully saturated rings. The van der Waals surface area contributed by atoms with E-state index in [0.29, 0.717) is 6.54 Å². The molecule has 0 aromatic heterocycles. The van der Waals surface area contributed by atoms with E-state index in [-0.39, 0.29) is 18.5 Å². The number of amides is 2. The number of carbonyl (C=O) groups excluding carboxylic acids is 1. The molecule has 1 aliphatic rings. The Balaban J connectivity index is 2.56. The van der Waals surface area contributed by atoms with E-state index in [2.05, 4.69) is 5.32 Å². The lowest BCUT2D eigenvalue weighted by molar-refractivity contribution is -0.124. The third kappa shape index (κ3) is 1.83. The van der Waals surface area contributed by atoms with E-state index in [9.17, 15) is 9.59 Å². The van der Waals surface area contributed by atoms with Gasteiger partial charge in [0.15, 0.2) is 0 Å². The molecule has 1 unspecified atom stereocenters. The summed E-state index contributed by atoms with van der Waals surface area (Å²) < 4.78 is 0. The van der Waals surface area contributed by atoms with Gasteiger partial charge in [-0.2, -0.15) is 0 Å². The molecular weight excluding hydrogens is 148 g/mol. The number of nitrogens with zero attached hydrogens (tertiary/aromatic N) is 1. The van der Waals surface area contributed by atoms with Crippen molar-refractivity contribution in [3.63, 3.8) is 0 Å². The van der Waals surface area contributed by atoms with E-state index in [4.69, 9.17) is 5.11 Å². The molecule has 11 heavy (non-hydrogen) atoms. The van der Waals surface area contributed by atoms with Gasteiger partial charge in [-0.1, -0.05) is 0 Å². The number of rotatable bonds is 0. The van der Waals surface area contributed by atoms with Crippen LogP contribution < -0.4 is 5.32 Å². The lowest BCUT2D eigenvalue weighted by atomic mass is 10.2. The molecule has 0 aromatic carbocycles. The molecule has 2 amide bonds. The van der Waals surface area contributed by atoms with Crippen LogP contribution in [0.1, 0.15) is 6.92 Å². The first-order valence-corrected chi connectivity index (χ1v) is 3.37. The summed E-state index contributed by atoms with van der Waals surface area (Å²) in [5.41, 5.74) is 0. The largest absolute Gasteiger partial charge is 0.465 e. The van der Waals surface area contributed by atoms with Crippen LogP contribution in [0.3, 0.4) is 0 Å². The van der Waals surface area contributed by atoms with Crippen molar-refractivity contribution in [3.8, 4) is 0 Å². The molecule has 0 aromatic rings. The normalized spacial score (nSPS) is 24.6. The van der Waals surface area contributed by atoms with Crippen molar-refractivity contribution >= 4 is 12.0 Å². The molecule has 1 rings (SSSR count). The van der Waals surface area contributed by atoms with Crippen molar-refractivity contribution in [2.75, 3.05) is 13.1 Å². The van der Waals surface area contributed by atoms with Crippen molar-refractivity contribution < 1.29 is 14.7 Å². The molecule has 62 valence electrons. The fraction of sp³-hybridized carbons (Fsp3) is 0.667. The van der Waals surface area contributed by atoms with Crippen molar-refractivity contribution in [2.45, 2.75) is 13.0 Å². The fourth-order valence-electron chi connectivity index (χ4n) is 1.08. The van der Waals surface area contributed by atoms with Crippen molar-refractivity contribution in [3.05, 3.63) is 0 Å². The molecule has 5 heteroatoms. The minimum Gasteiger partial charge on any atom is -0.465 e. The lowest BCUT2D eigenvalue weighted by Gasteiger charge is -2.28. The maximum Gasteiger partial charge on any atom is 0.407 e. The molecule has 1 saturated heterocycles. The summed E-state index contributed by atoms with van der Waals surface area (Å²) in [6, 6.07) is -0.0765. The summed E-state index contributed by atoms with van der Waals surface area (Å²) in [5, 5.41) is 11.1. The van der Waals surface area contributed by atoms with Crippen molar-refractivity contribution in [2.24, 2.45) is 0 Å². The van der Waals surface area contributed by atoms with Gasteiger partial charge in [0.2, 0.25) is 5.91 Å². The van der Waals surface area contributed by atoms with Crippen molar-refractivity contribution in [1.82, 2.24) is 10.2 Å². The maximum atomic E-state index is 10.8. The summed E-state index contributed by atoms with van der Waals surface area (Å²) in [4.78, 5) is 22.3. The standard InChI is InChI=1S/C6H10N2O3/c1-4-2-8(6(10)11)3-5(9)7-4/h4H,2-3H2,1H3,(H,7,9)(H,10,11). The summed E-state index contributed by atoms with van der Waals surface area (Å²) in [6.45, 7) is 2.10. The minimum atomic E-state index is -1.04. The van der Waals surface area contributed by atoms with Gasteiger partial charge in [-0.25, -0.2) is 4.79 Å². The van der Waals surface area contributed by atoms with Gasteiger partial charge in [0.1, 0.15) is 6.54 Å². The molecule has 1 heterocycles. The van der Waals surface area contributed by atoms with Gasteiger partial charge in [-0.15, -0.1) is 0 Å². The molecule has 0 spiro atoms. The Morgan fingerprint density at radius 2 is 2.45 bits per heavy atom. The Labute approximate surface area is 64.0 Å². The Hall–Kier alpha value is -1.26. The topological polar surface area (TPSA) is 69.6 Å². The molecule has 1 atom stereocenters. The third-order valence-electron chi connectivity index (χ3n) is 1.51. The van der Waals surface area contributed by atoms with E-state index >= 15 is 0 Å². The molecule has 0 radical (unpaired) electrons. The van der Waals surface area contributed by atoms with Gasteiger partial charge in [-0.05, 0) is 6.92 Å². The summed E-state index contributed by atoms with van der Waals surface area (Å²) >= 11 is 0. The molecular formula is C6H10N2O3. The van der Waals surface area contributed by atoms with Gasteiger partial charge < -0.3 is 10.4 Å². The molecule has 2 N–H and O–H groups in total. The summed E-state index contributed by atoms with van der Waals surface area (Å²) in [6.07, 6.45) is -1.04. The van der Waals surface area contributed by atoms with E-state index in [0.717, 1.165) is 4.90 Å². The van der Waals surface area contributed by atoms with Gasteiger partial charge in [0, 0.05) is 12.6 Å². The quantitative estimate of drug-likeness (QED) is 0.498. The highest BCUT2D eigenvalue weighted by Gasteiger charge is 2.24. The number of carbonyl (C=O) groups is 2. The predicted octanol–water partition coefficient (Wildman–Crippen LogP) is -0.515. The zero-order chi connectivity index (χ0) is 8.43. The van der Waals surface area contributed by atoms with E-state index < -0.39 is 6.09 Å². The van der Waals surface area contributed by atoms with Gasteiger partial charge in [-0.3, -0.25) is 9.69 Å². The monoisotopic (exact) mass is 158 g/mol. The average Bonchev–Trinajstić information content (AvgIpc) is 1.85. The second kappa shape index (κ2) is 2.77. The second-order valence-electron chi connectivity index (χ2n) is 2.63. The van der Waals surface area contributed by atoms with E-state index in [1.165, 1.54) is 0 Å². The first kappa shape index (κ1) is 7.84. The molecule has 0 bridgehead atoms. The van der Waals surface area contributed by atoms with Crippen molar-refractivity contribution in [1.29, 1.82) is 0 Å². The second-order valence-corrected chi connectivity index (χ2v) is 2.63. The van der Waals surface area contributed by atoms with Gasteiger partial charge in [0.05, 0.1) is 0 Å². The van der Waals surface area contributed by atoms with E-state index in [1.807, 2.05) is 0 Å². The number of nitrogens with one attached hydrogen (secondary N) is 1. The summed E-state index contributed by atoms with van der Waals surface area (Å²) in [7, 11) is 0.